The molecular weight excluding hydrogens is 242 g/mol. The lowest BCUT2D eigenvalue weighted by molar-refractivity contribution is -0.138. The molecule has 0 aliphatic rings. The van der Waals surface area contributed by atoms with Gasteiger partial charge in [-0.25, -0.2) is 0 Å². The monoisotopic (exact) mass is 263 g/mol. The van der Waals surface area contributed by atoms with E-state index in [0.717, 1.165) is 6.42 Å². The largest absolute Gasteiger partial charge is 0.481 e. The highest BCUT2D eigenvalue weighted by Crippen LogP contribution is 2.10. The molecule has 0 unspecified atom stereocenters. The second kappa shape index (κ2) is 7.56. The molecule has 1 rings (SSSR count). The highest BCUT2D eigenvalue weighted by atomic mass is 16.4. The third kappa shape index (κ3) is 5.55. The maximum atomic E-state index is 11.9. The van der Waals surface area contributed by atoms with Crippen LogP contribution in [0.15, 0.2) is 24.3 Å². The van der Waals surface area contributed by atoms with E-state index in [1.54, 1.807) is 11.9 Å². The first-order chi connectivity index (χ1) is 9.00. The van der Waals surface area contributed by atoms with Gasteiger partial charge in [-0.1, -0.05) is 24.3 Å². The molecule has 19 heavy (non-hydrogen) atoms. The Labute approximate surface area is 114 Å². The lowest BCUT2D eigenvalue weighted by atomic mass is 10.0. The van der Waals surface area contributed by atoms with Crippen molar-refractivity contribution in [2.24, 2.45) is 0 Å². The van der Waals surface area contributed by atoms with E-state index < -0.39 is 5.97 Å². The lowest BCUT2D eigenvalue weighted by Crippen LogP contribution is -2.28. The maximum absolute atomic E-state index is 11.9. The molecule has 1 aromatic carbocycles. The van der Waals surface area contributed by atoms with Crippen molar-refractivity contribution in [2.75, 3.05) is 13.6 Å². The molecule has 0 bridgehead atoms. The van der Waals surface area contributed by atoms with Gasteiger partial charge in [-0.15, -0.1) is 0 Å². The van der Waals surface area contributed by atoms with E-state index >= 15 is 0 Å². The van der Waals surface area contributed by atoms with E-state index in [1.807, 2.05) is 31.2 Å². The van der Waals surface area contributed by atoms with Gasteiger partial charge in [-0.05, 0) is 30.9 Å². The molecule has 104 valence electrons. The third-order valence-corrected chi connectivity index (χ3v) is 3.18. The average Bonchev–Trinajstić information content (AvgIpc) is 2.36. The van der Waals surface area contributed by atoms with Crippen molar-refractivity contribution < 1.29 is 14.7 Å². The van der Waals surface area contributed by atoms with Crippen molar-refractivity contribution in [2.45, 2.75) is 32.6 Å². The van der Waals surface area contributed by atoms with Gasteiger partial charge in [0.1, 0.15) is 0 Å². The minimum atomic E-state index is -0.819. The topological polar surface area (TPSA) is 57.6 Å². The average molecular weight is 263 g/mol. The van der Waals surface area contributed by atoms with Gasteiger partial charge in [0.2, 0.25) is 5.91 Å². The van der Waals surface area contributed by atoms with Gasteiger partial charge in [0.05, 0.1) is 0 Å². The van der Waals surface area contributed by atoms with Crippen molar-refractivity contribution in [3.8, 4) is 0 Å². The zero-order chi connectivity index (χ0) is 14.3. The number of carbonyl (C=O) groups excluding carboxylic acids is 1. The molecule has 0 radical (unpaired) electrons. The Balaban J connectivity index is 2.34. The Morgan fingerprint density at radius 2 is 1.89 bits per heavy atom. The van der Waals surface area contributed by atoms with E-state index in [4.69, 9.17) is 5.11 Å². The second-order valence-electron chi connectivity index (χ2n) is 4.74. The molecule has 0 aliphatic carbocycles. The number of amides is 1. The van der Waals surface area contributed by atoms with Crippen LogP contribution < -0.4 is 0 Å². The van der Waals surface area contributed by atoms with Gasteiger partial charge in [-0.3, -0.25) is 9.59 Å². The number of benzene rings is 1. The fraction of sp³-hybridized carbons (Fsp3) is 0.467. The van der Waals surface area contributed by atoms with E-state index in [1.165, 1.54) is 11.1 Å². The molecule has 1 amide bonds. The zero-order valence-electron chi connectivity index (χ0n) is 11.6. The van der Waals surface area contributed by atoms with Gasteiger partial charge in [0.25, 0.3) is 0 Å². The molecular formula is C15H21NO3. The summed E-state index contributed by atoms with van der Waals surface area (Å²) in [6.45, 7) is 2.54. The minimum Gasteiger partial charge on any atom is -0.481 e. The number of aliphatic carboxylic acids is 1. The fourth-order valence-corrected chi connectivity index (χ4v) is 1.92. The molecule has 4 nitrogen and oxygen atoms in total. The summed E-state index contributed by atoms with van der Waals surface area (Å²) in [7, 11) is 1.72. The third-order valence-electron chi connectivity index (χ3n) is 3.18. The fourth-order valence-electron chi connectivity index (χ4n) is 1.92. The van der Waals surface area contributed by atoms with Gasteiger partial charge in [-0.2, -0.15) is 0 Å². The normalized spacial score (nSPS) is 10.2. The summed E-state index contributed by atoms with van der Waals surface area (Å²) in [6.07, 6.45) is 1.81. The molecule has 0 heterocycles. The van der Waals surface area contributed by atoms with Crippen LogP contribution in [0, 0.1) is 6.92 Å². The van der Waals surface area contributed by atoms with Gasteiger partial charge >= 0.3 is 5.97 Å². The Morgan fingerprint density at radius 1 is 1.21 bits per heavy atom. The Morgan fingerprint density at radius 3 is 2.53 bits per heavy atom. The summed E-state index contributed by atoms with van der Waals surface area (Å²) < 4.78 is 0. The zero-order valence-corrected chi connectivity index (χ0v) is 11.6. The highest BCUT2D eigenvalue weighted by molar-refractivity contribution is 5.76. The van der Waals surface area contributed by atoms with Crippen LogP contribution in [0.25, 0.3) is 0 Å². The first-order valence-corrected chi connectivity index (χ1v) is 6.51. The smallest absolute Gasteiger partial charge is 0.303 e. The number of carbonyl (C=O) groups is 2. The Bertz CT molecular complexity index is 443. The van der Waals surface area contributed by atoms with Crippen LogP contribution in [0.5, 0.6) is 0 Å². The van der Waals surface area contributed by atoms with E-state index in [0.29, 0.717) is 19.4 Å². The molecule has 1 N–H and O–H groups in total. The number of hydrogen-bond donors (Lipinski definition) is 1. The second-order valence-corrected chi connectivity index (χ2v) is 4.74. The predicted molar refractivity (Wildman–Crippen MR) is 74.0 cm³/mol. The van der Waals surface area contributed by atoms with Crippen molar-refractivity contribution >= 4 is 11.9 Å². The standard InChI is InChI=1S/C15H21NO3/c1-12-6-3-4-7-13(12)9-10-14(17)16(2)11-5-8-15(18)19/h3-4,6-7H,5,8-11H2,1-2H3,(H,18,19). The number of nitrogens with zero attached hydrogens (tertiary/aromatic N) is 1. The van der Waals surface area contributed by atoms with Gasteiger partial charge in [0, 0.05) is 26.4 Å². The summed E-state index contributed by atoms with van der Waals surface area (Å²) in [5.74, 6) is -0.755. The summed E-state index contributed by atoms with van der Waals surface area (Å²) in [5.41, 5.74) is 2.39. The minimum absolute atomic E-state index is 0.0636. The summed E-state index contributed by atoms with van der Waals surface area (Å²) in [5, 5.41) is 8.54. The van der Waals surface area contributed by atoms with Crippen LogP contribution in [0.2, 0.25) is 0 Å². The SMILES string of the molecule is Cc1ccccc1CCC(=O)N(C)CCCC(=O)O. The van der Waals surface area contributed by atoms with Crippen molar-refractivity contribution in [1.29, 1.82) is 0 Å². The number of rotatable bonds is 7. The van der Waals surface area contributed by atoms with Gasteiger partial charge in [0.15, 0.2) is 0 Å². The number of carboxylic acids is 1. The quantitative estimate of drug-likeness (QED) is 0.821. The van der Waals surface area contributed by atoms with Crippen LogP contribution in [0.4, 0.5) is 0 Å². The van der Waals surface area contributed by atoms with Crippen LogP contribution in [-0.2, 0) is 16.0 Å². The lowest BCUT2D eigenvalue weighted by Gasteiger charge is -2.16. The highest BCUT2D eigenvalue weighted by Gasteiger charge is 2.10. The number of carboxylic acid groups (broad SMARTS) is 1. The molecule has 0 spiro atoms. The molecule has 0 fully saturated rings. The Kier molecular flexibility index (Phi) is 6.06. The van der Waals surface area contributed by atoms with Crippen molar-refractivity contribution in [1.82, 2.24) is 4.90 Å². The molecule has 0 saturated carbocycles. The van der Waals surface area contributed by atoms with E-state index in [2.05, 4.69) is 0 Å². The summed E-state index contributed by atoms with van der Waals surface area (Å²) in [4.78, 5) is 23.9. The van der Waals surface area contributed by atoms with Crippen molar-refractivity contribution in [3.63, 3.8) is 0 Å². The van der Waals surface area contributed by atoms with Crippen LogP contribution in [0.1, 0.15) is 30.4 Å². The maximum Gasteiger partial charge on any atom is 0.303 e. The summed E-state index contributed by atoms with van der Waals surface area (Å²) in [6, 6.07) is 8.03. The first-order valence-electron chi connectivity index (χ1n) is 6.51. The van der Waals surface area contributed by atoms with Gasteiger partial charge < -0.3 is 10.0 Å². The Hall–Kier alpha value is -1.84. The van der Waals surface area contributed by atoms with E-state index in [9.17, 15) is 9.59 Å². The predicted octanol–water partition coefficient (Wildman–Crippen LogP) is 2.25. The number of aryl methyl sites for hydroxylation is 2. The molecule has 0 aliphatic heterocycles. The molecule has 0 saturated heterocycles. The van der Waals surface area contributed by atoms with Crippen LogP contribution in [-0.4, -0.2) is 35.5 Å². The van der Waals surface area contributed by atoms with Crippen LogP contribution >= 0.6 is 0 Å². The van der Waals surface area contributed by atoms with Crippen LogP contribution in [0.3, 0.4) is 0 Å². The molecule has 4 heteroatoms. The molecule has 1 aromatic rings. The first kappa shape index (κ1) is 15.2. The van der Waals surface area contributed by atoms with E-state index in [-0.39, 0.29) is 12.3 Å². The molecule has 0 aromatic heterocycles. The molecule has 0 atom stereocenters. The number of hydrogen-bond acceptors (Lipinski definition) is 2. The van der Waals surface area contributed by atoms with Crippen molar-refractivity contribution in [3.05, 3.63) is 35.4 Å². The summed E-state index contributed by atoms with van der Waals surface area (Å²) >= 11 is 0.